The SMILES string of the molecule is CC(C)[C@@H]1CC[C@@H](C)C[C@H]1OC(=O)[C@]12C/C=C\CCCN1CC[C@@H]2O. The van der Waals surface area contributed by atoms with Crippen molar-refractivity contribution in [3.8, 4) is 0 Å². The molecule has 142 valence electrons. The Balaban J connectivity index is 1.81. The molecule has 3 aliphatic rings. The van der Waals surface area contributed by atoms with Crippen molar-refractivity contribution in [3.63, 3.8) is 0 Å². The van der Waals surface area contributed by atoms with Crippen molar-refractivity contribution in [2.75, 3.05) is 13.1 Å². The first-order valence-corrected chi connectivity index (χ1v) is 10.2. The fraction of sp³-hybridized carbons (Fsp3) is 0.857. The van der Waals surface area contributed by atoms with Crippen molar-refractivity contribution in [1.29, 1.82) is 0 Å². The highest BCUT2D eigenvalue weighted by atomic mass is 16.5. The maximum atomic E-state index is 13.4. The number of carbonyl (C=O) groups excluding carboxylic acids is 1. The number of nitrogens with zero attached hydrogens (tertiary/aromatic N) is 1. The van der Waals surface area contributed by atoms with Crippen LogP contribution in [0.1, 0.15) is 65.7 Å². The maximum Gasteiger partial charge on any atom is 0.329 e. The molecule has 25 heavy (non-hydrogen) atoms. The van der Waals surface area contributed by atoms with Gasteiger partial charge in [0.1, 0.15) is 11.6 Å². The minimum Gasteiger partial charge on any atom is -0.461 e. The smallest absolute Gasteiger partial charge is 0.329 e. The fourth-order valence-corrected chi connectivity index (χ4v) is 5.12. The second-order valence-corrected chi connectivity index (χ2v) is 8.80. The first-order valence-electron chi connectivity index (χ1n) is 10.2. The number of carbonyl (C=O) groups is 1. The maximum absolute atomic E-state index is 13.4. The number of fused-ring (bicyclic) bond motifs is 1. The van der Waals surface area contributed by atoms with Gasteiger partial charge in [0.05, 0.1) is 6.10 Å². The summed E-state index contributed by atoms with van der Waals surface area (Å²) >= 11 is 0. The lowest BCUT2D eigenvalue weighted by atomic mass is 9.75. The van der Waals surface area contributed by atoms with E-state index < -0.39 is 11.6 Å². The standard InChI is InChI=1S/C21H35NO3/c1-15(2)17-9-8-16(3)14-18(17)25-20(24)21-11-6-4-5-7-12-22(21)13-10-19(21)23/h4,6,15-19,23H,5,7-14H2,1-3H3/b6-4-/t16-,17+,18-,19+,21-/m1/s1. The summed E-state index contributed by atoms with van der Waals surface area (Å²) < 4.78 is 6.17. The molecule has 0 aromatic rings. The van der Waals surface area contributed by atoms with Gasteiger partial charge in [-0.25, -0.2) is 4.79 Å². The summed E-state index contributed by atoms with van der Waals surface area (Å²) in [7, 11) is 0. The number of hydrogen-bond donors (Lipinski definition) is 1. The third kappa shape index (κ3) is 3.66. The van der Waals surface area contributed by atoms with Crippen molar-refractivity contribution in [3.05, 3.63) is 12.2 Å². The first kappa shape index (κ1) is 18.9. The van der Waals surface area contributed by atoms with Crippen LogP contribution in [0.15, 0.2) is 12.2 Å². The second kappa shape index (κ2) is 7.79. The van der Waals surface area contributed by atoms with Crippen LogP contribution >= 0.6 is 0 Å². The normalized spacial score (nSPS) is 41.0. The molecule has 1 saturated carbocycles. The zero-order chi connectivity index (χ0) is 18.0. The summed E-state index contributed by atoms with van der Waals surface area (Å²) in [6.45, 7) is 8.37. The molecule has 0 spiro atoms. The Kier molecular flexibility index (Phi) is 5.89. The van der Waals surface area contributed by atoms with Crippen LogP contribution in [0.5, 0.6) is 0 Å². The van der Waals surface area contributed by atoms with Gasteiger partial charge in [-0.2, -0.15) is 0 Å². The van der Waals surface area contributed by atoms with E-state index in [9.17, 15) is 9.90 Å². The van der Waals surface area contributed by atoms with E-state index in [1.165, 1.54) is 6.42 Å². The summed E-state index contributed by atoms with van der Waals surface area (Å²) in [5, 5.41) is 10.7. The molecule has 4 heteroatoms. The summed E-state index contributed by atoms with van der Waals surface area (Å²) in [6.07, 6.45) is 10.2. The predicted octanol–water partition coefficient (Wildman–Crippen LogP) is 3.54. The number of rotatable bonds is 3. The zero-order valence-electron chi connectivity index (χ0n) is 16.1. The molecule has 0 aromatic heterocycles. The second-order valence-electron chi connectivity index (χ2n) is 8.80. The molecule has 2 fully saturated rings. The average molecular weight is 350 g/mol. The highest BCUT2D eigenvalue weighted by Crippen LogP contribution is 2.40. The van der Waals surface area contributed by atoms with Crippen molar-refractivity contribution in [1.82, 2.24) is 4.90 Å². The third-order valence-electron chi connectivity index (χ3n) is 6.76. The van der Waals surface area contributed by atoms with E-state index in [4.69, 9.17) is 4.74 Å². The van der Waals surface area contributed by atoms with Crippen molar-refractivity contribution in [2.45, 2.75) is 83.5 Å². The molecule has 0 aromatic carbocycles. The Bertz CT molecular complexity index is 503. The van der Waals surface area contributed by atoms with Gasteiger partial charge in [0.15, 0.2) is 0 Å². The lowest BCUT2D eigenvalue weighted by Crippen LogP contribution is -2.58. The molecule has 0 bridgehead atoms. The summed E-state index contributed by atoms with van der Waals surface area (Å²) in [4.78, 5) is 15.6. The number of hydrogen-bond acceptors (Lipinski definition) is 4. The molecule has 0 radical (unpaired) electrons. The summed E-state index contributed by atoms with van der Waals surface area (Å²) in [5.41, 5.74) is -0.862. The molecule has 1 saturated heterocycles. The van der Waals surface area contributed by atoms with Crippen LogP contribution in [0, 0.1) is 17.8 Å². The van der Waals surface area contributed by atoms with E-state index >= 15 is 0 Å². The predicted molar refractivity (Wildman–Crippen MR) is 99.1 cm³/mol. The molecule has 1 aliphatic carbocycles. The van der Waals surface area contributed by atoms with Gasteiger partial charge in [0.2, 0.25) is 0 Å². The molecular weight excluding hydrogens is 314 g/mol. The van der Waals surface area contributed by atoms with E-state index in [-0.39, 0.29) is 12.1 Å². The molecule has 3 rings (SSSR count). The quantitative estimate of drug-likeness (QED) is 0.625. The van der Waals surface area contributed by atoms with E-state index in [1.807, 2.05) is 0 Å². The highest BCUT2D eigenvalue weighted by molar-refractivity contribution is 5.83. The van der Waals surface area contributed by atoms with Crippen LogP contribution in [0.3, 0.4) is 0 Å². The number of aliphatic hydroxyl groups is 1. The Labute approximate surface area is 152 Å². The molecule has 0 unspecified atom stereocenters. The first-order chi connectivity index (χ1) is 11.9. The fourth-order valence-electron chi connectivity index (χ4n) is 5.12. The summed E-state index contributed by atoms with van der Waals surface area (Å²) in [6, 6.07) is 0. The van der Waals surface area contributed by atoms with Crippen LogP contribution in [-0.2, 0) is 9.53 Å². The number of esters is 1. The van der Waals surface area contributed by atoms with Gasteiger partial charge < -0.3 is 9.84 Å². The number of allylic oxidation sites excluding steroid dienone is 1. The molecule has 1 N–H and O–H groups in total. The third-order valence-corrected chi connectivity index (χ3v) is 6.76. The van der Waals surface area contributed by atoms with Crippen LogP contribution in [0.2, 0.25) is 0 Å². The summed E-state index contributed by atoms with van der Waals surface area (Å²) in [5.74, 6) is 1.37. The molecule has 5 atom stereocenters. The topological polar surface area (TPSA) is 49.8 Å². The van der Waals surface area contributed by atoms with Crippen molar-refractivity contribution >= 4 is 5.97 Å². The number of ether oxygens (including phenoxy) is 1. The average Bonchev–Trinajstić information content (AvgIpc) is 2.83. The van der Waals surface area contributed by atoms with Gasteiger partial charge >= 0.3 is 5.97 Å². The van der Waals surface area contributed by atoms with E-state index in [2.05, 4.69) is 37.8 Å². The lowest BCUT2D eigenvalue weighted by Gasteiger charge is -2.42. The minimum absolute atomic E-state index is 0.00491. The molecule has 0 amide bonds. The monoisotopic (exact) mass is 349 g/mol. The Morgan fingerprint density at radius 2 is 2.04 bits per heavy atom. The van der Waals surface area contributed by atoms with E-state index in [0.29, 0.717) is 30.6 Å². The van der Waals surface area contributed by atoms with Gasteiger partial charge in [0.25, 0.3) is 0 Å². The molecule has 4 nitrogen and oxygen atoms in total. The van der Waals surface area contributed by atoms with Gasteiger partial charge in [-0.3, -0.25) is 4.90 Å². The Morgan fingerprint density at radius 1 is 1.24 bits per heavy atom. The van der Waals surface area contributed by atoms with Gasteiger partial charge in [-0.15, -0.1) is 0 Å². The Hall–Kier alpha value is -0.870. The van der Waals surface area contributed by atoms with Crippen molar-refractivity contribution in [2.24, 2.45) is 17.8 Å². The highest BCUT2D eigenvalue weighted by Gasteiger charge is 2.55. The van der Waals surface area contributed by atoms with Crippen LogP contribution in [-0.4, -0.2) is 46.8 Å². The van der Waals surface area contributed by atoms with Crippen molar-refractivity contribution < 1.29 is 14.6 Å². The van der Waals surface area contributed by atoms with Gasteiger partial charge in [-0.1, -0.05) is 39.3 Å². The molecule has 2 heterocycles. The van der Waals surface area contributed by atoms with E-state index in [1.54, 1.807) is 0 Å². The van der Waals surface area contributed by atoms with Crippen LogP contribution in [0.4, 0.5) is 0 Å². The largest absolute Gasteiger partial charge is 0.461 e. The molecular formula is C21H35NO3. The van der Waals surface area contributed by atoms with Gasteiger partial charge in [-0.05, 0) is 62.8 Å². The van der Waals surface area contributed by atoms with E-state index in [0.717, 1.165) is 38.8 Å². The number of aliphatic hydroxyl groups excluding tert-OH is 1. The van der Waals surface area contributed by atoms with Crippen LogP contribution < -0.4 is 0 Å². The zero-order valence-corrected chi connectivity index (χ0v) is 16.1. The molecule has 2 aliphatic heterocycles. The minimum atomic E-state index is -0.862. The van der Waals surface area contributed by atoms with Gasteiger partial charge in [0, 0.05) is 6.54 Å². The Morgan fingerprint density at radius 3 is 2.80 bits per heavy atom. The lowest BCUT2D eigenvalue weighted by molar-refractivity contribution is -0.174. The van der Waals surface area contributed by atoms with Crippen LogP contribution in [0.25, 0.3) is 0 Å².